The summed E-state index contributed by atoms with van der Waals surface area (Å²) in [6.07, 6.45) is -0.0293. The van der Waals surface area contributed by atoms with Gasteiger partial charge in [0.25, 0.3) is 5.91 Å². The Balaban J connectivity index is 1.59. The van der Waals surface area contributed by atoms with Gasteiger partial charge in [-0.05, 0) is 31.5 Å². The highest BCUT2D eigenvalue weighted by atomic mass is 35.5. The van der Waals surface area contributed by atoms with Gasteiger partial charge in [-0.25, -0.2) is 4.68 Å². The molecular formula is C21H19ClN4O2. The maximum absolute atomic E-state index is 12.5. The Kier molecular flexibility index (Phi) is 4.65. The number of rotatable bonds is 4. The molecule has 0 radical (unpaired) electrons. The molecule has 2 N–H and O–H groups in total. The monoisotopic (exact) mass is 394 g/mol. The molecule has 142 valence electrons. The summed E-state index contributed by atoms with van der Waals surface area (Å²) in [5.74, 6) is 0.0817. The standard InChI is InChI=1S/C21H19ClN4O2/c1-12-7-9-14(10-8-12)19-13(2)25-26-17(21(28)24-20(19)26)11-18(27)23-16-6-4-3-5-15(16)22/h3-10,17H,11H2,1-2H3,(H,23,27)(H,24,28). The lowest BCUT2D eigenvalue weighted by Gasteiger charge is -2.11. The van der Waals surface area contributed by atoms with Crippen LogP contribution in [-0.4, -0.2) is 21.6 Å². The van der Waals surface area contributed by atoms with Crippen LogP contribution in [0, 0.1) is 13.8 Å². The Labute approximate surface area is 167 Å². The third kappa shape index (κ3) is 3.27. The highest BCUT2D eigenvalue weighted by Crippen LogP contribution is 2.38. The predicted molar refractivity (Wildman–Crippen MR) is 110 cm³/mol. The SMILES string of the molecule is Cc1ccc(-c2c(C)nn3c2NC(=O)C3CC(=O)Nc2ccccc2Cl)cc1. The summed E-state index contributed by atoms with van der Waals surface area (Å²) in [4.78, 5) is 25.0. The normalized spacial score (nSPS) is 15.2. The fraction of sp³-hybridized carbons (Fsp3) is 0.190. The molecule has 1 unspecified atom stereocenters. The molecule has 28 heavy (non-hydrogen) atoms. The molecule has 0 bridgehead atoms. The molecule has 0 fully saturated rings. The van der Waals surface area contributed by atoms with E-state index in [2.05, 4.69) is 15.7 Å². The molecule has 2 heterocycles. The molecule has 7 heteroatoms. The third-order valence-electron chi connectivity index (χ3n) is 4.79. The van der Waals surface area contributed by atoms with Crippen molar-refractivity contribution in [1.29, 1.82) is 0 Å². The summed E-state index contributed by atoms with van der Waals surface area (Å²) in [6, 6.07) is 14.3. The number of nitrogens with zero attached hydrogens (tertiary/aromatic N) is 2. The van der Waals surface area contributed by atoms with E-state index in [1.54, 1.807) is 28.9 Å². The number of aromatic nitrogens is 2. The topological polar surface area (TPSA) is 76.0 Å². The van der Waals surface area contributed by atoms with Gasteiger partial charge in [0.15, 0.2) is 0 Å². The van der Waals surface area contributed by atoms with Crippen molar-refractivity contribution >= 4 is 34.9 Å². The molecule has 0 spiro atoms. The van der Waals surface area contributed by atoms with Crippen molar-refractivity contribution in [2.45, 2.75) is 26.3 Å². The summed E-state index contributed by atoms with van der Waals surface area (Å²) >= 11 is 6.09. The second-order valence-corrected chi connectivity index (χ2v) is 7.26. The number of amides is 2. The zero-order chi connectivity index (χ0) is 19.8. The molecule has 0 aliphatic carbocycles. The van der Waals surface area contributed by atoms with Crippen molar-refractivity contribution < 1.29 is 9.59 Å². The van der Waals surface area contributed by atoms with Crippen LogP contribution < -0.4 is 10.6 Å². The van der Waals surface area contributed by atoms with Crippen LogP contribution >= 0.6 is 11.6 Å². The summed E-state index contributed by atoms with van der Waals surface area (Å²) in [6.45, 7) is 3.92. The van der Waals surface area contributed by atoms with Crippen molar-refractivity contribution in [3.05, 3.63) is 64.8 Å². The lowest BCUT2D eigenvalue weighted by Crippen LogP contribution is -2.23. The molecular weight excluding hydrogens is 376 g/mol. The second kappa shape index (κ2) is 7.13. The van der Waals surface area contributed by atoms with E-state index < -0.39 is 6.04 Å². The molecule has 1 aromatic heterocycles. The van der Waals surface area contributed by atoms with Gasteiger partial charge in [0.1, 0.15) is 11.9 Å². The highest BCUT2D eigenvalue weighted by molar-refractivity contribution is 6.33. The average Bonchev–Trinajstić information content (AvgIpc) is 3.12. The number of aryl methyl sites for hydroxylation is 2. The number of para-hydroxylation sites is 1. The lowest BCUT2D eigenvalue weighted by molar-refractivity contribution is -0.123. The molecule has 1 aliphatic heterocycles. The molecule has 2 aromatic carbocycles. The number of anilines is 2. The highest BCUT2D eigenvalue weighted by Gasteiger charge is 2.36. The first-order valence-corrected chi connectivity index (χ1v) is 9.33. The summed E-state index contributed by atoms with van der Waals surface area (Å²) in [7, 11) is 0. The van der Waals surface area contributed by atoms with Crippen molar-refractivity contribution in [3.8, 4) is 11.1 Å². The van der Waals surface area contributed by atoms with Gasteiger partial charge in [-0.3, -0.25) is 9.59 Å². The van der Waals surface area contributed by atoms with Gasteiger partial charge in [0.05, 0.1) is 22.8 Å². The molecule has 3 aromatic rings. The fourth-order valence-corrected chi connectivity index (χ4v) is 3.57. The average molecular weight is 395 g/mol. The van der Waals surface area contributed by atoms with Crippen LogP contribution in [-0.2, 0) is 9.59 Å². The number of fused-ring (bicyclic) bond motifs is 1. The Morgan fingerprint density at radius 3 is 2.61 bits per heavy atom. The maximum atomic E-state index is 12.5. The van der Waals surface area contributed by atoms with Gasteiger partial charge in [-0.1, -0.05) is 53.6 Å². The zero-order valence-corrected chi connectivity index (χ0v) is 16.2. The van der Waals surface area contributed by atoms with Gasteiger partial charge >= 0.3 is 0 Å². The Morgan fingerprint density at radius 1 is 1.18 bits per heavy atom. The van der Waals surface area contributed by atoms with E-state index in [1.807, 2.05) is 38.1 Å². The smallest absolute Gasteiger partial charge is 0.251 e. The largest absolute Gasteiger partial charge is 0.325 e. The van der Waals surface area contributed by atoms with E-state index in [1.165, 1.54) is 0 Å². The van der Waals surface area contributed by atoms with Gasteiger partial charge in [0, 0.05) is 5.56 Å². The summed E-state index contributed by atoms with van der Waals surface area (Å²) in [5, 5.41) is 10.6. The Morgan fingerprint density at radius 2 is 1.89 bits per heavy atom. The first kappa shape index (κ1) is 18.3. The van der Waals surface area contributed by atoms with E-state index in [-0.39, 0.29) is 18.2 Å². The molecule has 0 saturated carbocycles. The molecule has 6 nitrogen and oxygen atoms in total. The van der Waals surface area contributed by atoms with Crippen LogP contribution in [0.1, 0.15) is 23.7 Å². The van der Waals surface area contributed by atoms with Crippen molar-refractivity contribution in [2.75, 3.05) is 10.6 Å². The number of benzene rings is 2. The number of halogens is 1. The van der Waals surface area contributed by atoms with Gasteiger partial charge in [0.2, 0.25) is 5.91 Å². The van der Waals surface area contributed by atoms with Gasteiger partial charge in [-0.2, -0.15) is 5.10 Å². The van der Waals surface area contributed by atoms with Gasteiger partial charge < -0.3 is 10.6 Å². The summed E-state index contributed by atoms with van der Waals surface area (Å²) in [5.41, 5.74) is 4.33. The van der Waals surface area contributed by atoms with Crippen LogP contribution in [0.15, 0.2) is 48.5 Å². The van der Waals surface area contributed by atoms with E-state index in [9.17, 15) is 9.59 Å². The second-order valence-electron chi connectivity index (χ2n) is 6.86. The fourth-order valence-electron chi connectivity index (χ4n) is 3.39. The first-order valence-electron chi connectivity index (χ1n) is 8.95. The molecule has 1 aliphatic rings. The summed E-state index contributed by atoms with van der Waals surface area (Å²) < 4.78 is 1.61. The number of hydrogen-bond donors (Lipinski definition) is 2. The predicted octanol–water partition coefficient (Wildman–Crippen LogP) is 4.34. The molecule has 4 rings (SSSR count). The van der Waals surface area contributed by atoms with E-state index >= 15 is 0 Å². The van der Waals surface area contributed by atoms with Crippen LogP contribution in [0.2, 0.25) is 5.02 Å². The minimum absolute atomic E-state index is 0.0293. The van der Waals surface area contributed by atoms with E-state index in [4.69, 9.17) is 11.6 Å². The van der Waals surface area contributed by atoms with Crippen molar-refractivity contribution in [2.24, 2.45) is 0 Å². The minimum Gasteiger partial charge on any atom is -0.325 e. The number of hydrogen-bond acceptors (Lipinski definition) is 3. The van der Waals surface area contributed by atoms with Gasteiger partial charge in [-0.15, -0.1) is 0 Å². The first-order chi connectivity index (χ1) is 13.4. The quantitative estimate of drug-likeness (QED) is 0.691. The van der Waals surface area contributed by atoms with E-state index in [0.29, 0.717) is 16.5 Å². The van der Waals surface area contributed by atoms with Crippen molar-refractivity contribution in [1.82, 2.24) is 9.78 Å². The number of carbonyl (C=O) groups excluding carboxylic acids is 2. The zero-order valence-electron chi connectivity index (χ0n) is 15.5. The lowest BCUT2D eigenvalue weighted by atomic mass is 10.0. The van der Waals surface area contributed by atoms with Crippen LogP contribution in [0.5, 0.6) is 0 Å². The van der Waals surface area contributed by atoms with Crippen LogP contribution in [0.25, 0.3) is 11.1 Å². The molecule has 2 amide bonds. The Bertz CT molecular complexity index is 1070. The maximum Gasteiger partial charge on any atom is 0.251 e. The van der Waals surface area contributed by atoms with Crippen LogP contribution in [0.4, 0.5) is 11.5 Å². The van der Waals surface area contributed by atoms with E-state index in [0.717, 1.165) is 22.4 Å². The van der Waals surface area contributed by atoms with Crippen LogP contribution in [0.3, 0.4) is 0 Å². The molecule has 0 saturated heterocycles. The molecule has 1 atom stereocenters. The number of nitrogens with one attached hydrogen (secondary N) is 2. The Hall–Kier alpha value is -3.12. The number of carbonyl (C=O) groups is 2. The minimum atomic E-state index is -0.699. The van der Waals surface area contributed by atoms with Crippen molar-refractivity contribution in [3.63, 3.8) is 0 Å². The third-order valence-corrected chi connectivity index (χ3v) is 5.12.